The molecule has 2 aromatic rings. The fourth-order valence-corrected chi connectivity index (χ4v) is 2.21. The summed E-state index contributed by atoms with van der Waals surface area (Å²) in [5.74, 6) is 0.534. The van der Waals surface area contributed by atoms with E-state index in [2.05, 4.69) is 20.2 Å². The normalized spacial score (nSPS) is 18.5. The summed E-state index contributed by atoms with van der Waals surface area (Å²) in [7, 11) is 0. The van der Waals surface area contributed by atoms with E-state index in [-0.39, 0.29) is 12.0 Å². The van der Waals surface area contributed by atoms with Gasteiger partial charge in [-0.1, -0.05) is 0 Å². The van der Waals surface area contributed by atoms with Crippen LogP contribution in [0.4, 0.5) is 0 Å². The lowest BCUT2D eigenvalue weighted by Crippen LogP contribution is -2.42. The van der Waals surface area contributed by atoms with Gasteiger partial charge in [0.1, 0.15) is 6.10 Å². The van der Waals surface area contributed by atoms with E-state index in [1.165, 1.54) is 12.4 Å². The minimum Gasteiger partial charge on any atom is -0.367 e. The van der Waals surface area contributed by atoms with Crippen molar-refractivity contribution in [1.82, 2.24) is 25.1 Å². The molecule has 1 atom stereocenters. The van der Waals surface area contributed by atoms with Crippen molar-refractivity contribution >= 4 is 5.91 Å². The molecule has 0 spiro atoms. The number of aromatic nitrogens is 4. The van der Waals surface area contributed by atoms with Crippen LogP contribution >= 0.6 is 0 Å². The lowest BCUT2D eigenvalue weighted by molar-refractivity contribution is -0.0269. The van der Waals surface area contributed by atoms with Crippen molar-refractivity contribution in [2.45, 2.75) is 13.0 Å². The van der Waals surface area contributed by atoms with E-state index in [0.29, 0.717) is 31.1 Å². The average Bonchev–Trinajstić information content (AvgIpc) is 2.55. The quantitative estimate of drug-likeness (QED) is 0.811. The van der Waals surface area contributed by atoms with Crippen molar-refractivity contribution in [2.75, 3.05) is 19.7 Å². The largest absolute Gasteiger partial charge is 0.367 e. The molecule has 108 valence electrons. The van der Waals surface area contributed by atoms with Crippen LogP contribution in [-0.4, -0.2) is 50.7 Å². The Morgan fingerprint density at radius 3 is 3.00 bits per heavy atom. The van der Waals surface area contributed by atoms with Crippen molar-refractivity contribution in [3.8, 4) is 0 Å². The Balaban J connectivity index is 1.75. The number of ether oxygens (including phenoxy) is 1. The summed E-state index contributed by atoms with van der Waals surface area (Å²) in [4.78, 5) is 22.7. The molecule has 1 fully saturated rings. The molecule has 7 nitrogen and oxygen atoms in total. The predicted octanol–water partition coefficient (Wildman–Crippen LogP) is 0.789. The van der Waals surface area contributed by atoms with Crippen LogP contribution in [0.2, 0.25) is 0 Å². The first kappa shape index (κ1) is 13.6. The summed E-state index contributed by atoms with van der Waals surface area (Å²) in [5, 5.41) is 7.42. The van der Waals surface area contributed by atoms with Crippen molar-refractivity contribution in [3.63, 3.8) is 0 Å². The van der Waals surface area contributed by atoms with Crippen LogP contribution in [0.5, 0.6) is 0 Å². The Morgan fingerprint density at radius 2 is 2.24 bits per heavy atom. The summed E-state index contributed by atoms with van der Waals surface area (Å²) in [5.41, 5.74) is 1.40. The molecule has 3 heterocycles. The highest BCUT2D eigenvalue weighted by Gasteiger charge is 2.27. The summed E-state index contributed by atoms with van der Waals surface area (Å²) in [6.45, 7) is 3.35. The third-order valence-corrected chi connectivity index (χ3v) is 3.29. The van der Waals surface area contributed by atoms with E-state index < -0.39 is 0 Å². The third kappa shape index (κ3) is 3.03. The Bertz CT molecular complexity index is 634. The molecule has 21 heavy (non-hydrogen) atoms. The van der Waals surface area contributed by atoms with E-state index in [1.54, 1.807) is 17.2 Å². The minimum absolute atomic E-state index is 0.0779. The van der Waals surface area contributed by atoms with Gasteiger partial charge in [0.2, 0.25) is 0 Å². The molecule has 0 bridgehead atoms. The van der Waals surface area contributed by atoms with Gasteiger partial charge in [0.25, 0.3) is 5.91 Å². The molecule has 1 aliphatic rings. The summed E-state index contributed by atoms with van der Waals surface area (Å²) < 4.78 is 5.69. The van der Waals surface area contributed by atoms with Crippen LogP contribution < -0.4 is 0 Å². The molecular formula is C14H15N5O2. The fourth-order valence-electron chi connectivity index (χ4n) is 2.21. The molecule has 0 N–H and O–H groups in total. The number of amides is 1. The number of carbonyl (C=O) groups is 1. The number of aryl methyl sites for hydroxylation is 1. The van der Waals surface area contributed by atoms with Gasteiger partial charge in [-0.05, 0) is 19.1 Å². The fraction of sp³-hybridized carbons (Fsp3) is 0.357. The van der Waals surface area contributed by atoms with Gasteiger partial charge in [0, 0.05) is 18.4 Å². The highest BCUT2D eigenvalue weighted by molar-refractivity contribution is 5.93. The van der Waals surface area contributed by atoms with Crippen molar-refractivity contribution < 1.29 is 9.53 Å². The van der Waals surface area contributed by atoms with Crippen LogP contribution in [0, 0.1) is 6.92 Å². The lowest BCUT2D eigenvalue weighted by atomic mass is 10.2. The molecule has 2 aromatic heterocycles. The monoisotopic (exact) mass is 285 g/mol. The zero-order valence-corrected chi connectivity index (χ0v) is 11.6. The molecule has 0 aliphatic carbocycles. The van der Waals surface area contributed by atoms with E-state index in [0.717, 1.165) is 5.69 Å². The van der Waals surface area contributed by atoms with Gasteiger partial charge in [-0.15, -0.1) is 0 Å². The van der Waals surface area contributed by atoms with Gasteiger partial charge in [0.15, 0.2) is 5.82 Å². The number of nitrogens with zero attached hydrogens (tertiary/aromatic N) is 5. The SMILES string of the molecule is Cc1ccnc([C@H]2CN(C(=O)c3ccnnc3)CCO2)n1. The van der Waals surface area contributed by atoms with Crippen LogP contribution in [0.15, 0.2) is 30.7 Å². The zero-order chi connectivity index (χ0) is 14.7. The molecule has 7 heteroatoms. The van der Waals surface area contributed by atoms with Gasteiger partial charge < -0.3 is 9.64 Å². The van der Waals surface area contributed by atoms with Gasteiger partial charge in [-0.3, -0.25) is 4.79 Å². The number of hydrogen-bond donors (Lipinski definition) is 0. The first-order valence-corrected chi connectivity index (χ1v) is 6.71. The van der Waals surface area contributed by atoms with E-state index in [4.69, 9.17) is 4.74 Å². The molecule has 1 saturated heterocycles. The zero-order valence-electron chi connectivity index (χ0n) is 11.6. The highest BCUT2D eigenvalue weighted by Crippen LogP contribution is 2.20. The summed E-state index contributed by atoms with van der Waals surface area (Å²) >= 11 is 0. The molecule has 0 radical (unpaired) electrons. The summed E-state index contributed by atoms with van der Waals surface area (Å²) in [6.07, 6.45) is 4.39. The molecule has 3 rings (SSSR count). The van der Waals surface area contributed by atoms with E-state index in [9.17, 15) is 4.79 Å². The molecule has 0 saturated carbocycles. The standard InChI is InChI=1S/C14H15N5O2/c1-10-2-4-15-13(18-10)12-9-19(6-7-21-12)14(20)11-3-5-16-17-8-11/h2-5,8,12H,6-7,9H2,1H3/t12-/m1/s1. The Labute approximate surface area is 122 Å². The second kappa shape index (κ2) is 5.92. The number of morpholine rings is 1. The van der Waals surface area contributed by atoms with Gasteiger partial charge in [0.05, 0.1) is 31.1 Å². The van der Waals surface area contributed by atoms with Crippen LogP contribution in [0.3, 0.4) is 0 Å². The third-order valence-electron chi connectivity index (χ3n) is 3.29. The maximum absolute atomic E-state index is 12.4. The molecule has 0 aromatic carbocycles. The number of carbonyl (C=O) groups excluding carboxylic acids is 1. The first-order chi connectivity index (χ1) is 10.2. The molecular weight excluding hydrogens is 270 g/mol. The Hall–Kier alpha value is -2.41. The highest BCUT2D eigenvalue weighted by atomic mass is 16.5. The topological polar surface area (TPSA) is 81.1 Å². The molecule has 0 unspecified atom stereocenters. The number of rotatable bonds is 2. The smallest absolute Gasteiger partial charge is 0.255 e. The van der Waals surface area contributed by atoms with Gasteiger partial charge in [-0.25, -0.2) is 9.97 Å². The van der Waals surface area contributed by atoms with Crippen molar-refractivity contribution in [3.05, 3.63) is 47.8 Å². The maximum atomic E-state index is 12.4. The second-order valence-electron chi connectivity index (χ2n) is 4.80. The average molecular weight is 285 g/mol. The lowest BCUT2D eigenvalue weighted by Gasteiger charge is -2.32. The number of hydrogen-bond acceptors (Lipinski definition) is 6. The molecule has 1 aliphatic heterocycles. The second-order valence-corrected chi connectivity index (χ2v) is 4.80. The van der Waals surface area contributed by atoms with E-state index in [1.807, 2.05) is 13.0 Å². The predicted molar refractivity (Wildman–Crippen MR) is 73.4 cm³/mol. The van der Waals surface area contributed by atoms with Gasteiger partial charge in [-0.2, -0.15) is 10.2 Å². The molecule has 1 amide bonds. The van der Waals surface area contributed by atoms with Crippen molar-refractivity contribution in [2.24, 2.45) is 0 Å². The van der Waals surface area contributed by atoms with Crippen LogP contribution in [-0.2, 0) is 4.74 Å². The van der Waals surface area contributed by atoms with E-state index >= 15 is 0 Å². The Kier molecular flexibility index (Phi) is 3.83. The van der Waals surface area contributed by atoms with Crippen LogP contribution in [0.1, 0.15) is 28.0 Å². The first-order valence-electron chi connectivity index (χ1n) is 6.71. The summed E-state index contributed by atoms with van der Waals surface area (Å²) in [6, 6.07) is 3.49. The van der Waals surface area contributed by atoms with Crippen LogP contribution in [0.25, 0.3) is 0 Å². The minimum atomic E-state index is -0.294. The van der Waals surface area contributed by atoms with Gasteiger partial charge >= 0.3 is 0 Å². The maximum Gasteiger partial charge on any atom is 0.255 e. The Morgan fingerprint density at radius 1 is 1.33 bits per heavy atom. The van der Waals surface area contributed by atoms with Crippen molar-refractivity contribution in [1.29, 1.82) is 0 Å².